The first-order valence-corrected chi connectivity index (χ1v) is 10.9. The lowest BCUT2D eigenvalue weighted by Gasteiger charge is -2.34. The maximum atomic E-state index is 5.52. The lowest BCUT2D eigenvalue weighted by atomic mass is 9.68. The minimum absolute atomic E-state index is 0.231. The molecule has 2 aliphatic rings. The zero-order valence-corrected chi connectivity index (χ0v) is 17.8. The van der Waals surface area contributed by atoms with Gasteiger partial charge in [-0.05, 0) is 24.0 Å². The average molecular weight is 414 g/mol. The van der Waals surface area contributed by atoms with Crippen LogP contribution in [0.25, 0.3) is 6.08 Å². The van der Waals surface area contributed by atoms with Crippen molar-refractivity contribution >= 4 is 11.8 Å². The molecule has 5 heteroatoms. The number of hydrogen-bond donors (Lipinski definition) is 1. The van der Waals surface area contributed by atoms with Crippen molar-refractivity contribution in [3.63, 3.8) is 0 Å². The van der Waals surface area contributed by atoms with Crippen LogP contribution in [0.5, 0.6) is 0 Å². The van der Waals surface area contributed by atoms with Gasteiger partial charge >= 0.3 is 0 Å². The lowest BCUT2D eigenvalue weighted by Crippen LogP contribution is -2.30. The molecule has 0 unspecified atom stereocenters. The maximum Gasteiger partial charge on any atom is 0.140 e. The molecule has 1 saturated carbocycles. The maximum absolute atomic E-state index is 5.52. The molecule has 0 atom stereocenters. The van der Waals surface area contributed by atoms with Crippen LogP contribution < -0.4 is 0 Å². The number of H-pyrrole nitrogens is 1. The first-order valence-electron chi connectivity index (χ1n) is 10.9. The van der Waals surface area contributed by atoms with E-state index in [1.54, 1.807) is 7.11 Å². The third-order valence-electron chi connectivity index (χ3n) is 6.20. The summed E-state index contributed by atoms with van der Waals surface area (Å²) in [5.74, 6) is 0.429. The summed E-state index contributed by atoms with van der Waals surface area (Å²) in [7, 11) is 1.66. The number of allylic oxidation sites excluding steroid dienone is 1. The molecule has 1 N–H and O–H groups in total. The van der Waals surface area contributed by atoms with Crippen molar-refractivity contribution in [3.05, 3.63) is 94.8 Å². The number of hydrogen-bond acceptors (Lipinski definition) is 4. The van der Waals surface area contributed by atoms with Crippen LogP contribution in [0.3, 0.4) is 0 Å². The number of nitrogens with zero attached hydrogens (tertiary/aromatic N) is 2. The molecule has 3 aromatic rings. The van der Waals surface area contributed by atoms with Crippen molar-refractivity contribution in [3.8, 4) is 0 Å². The highest BCUT2D eigenvalue weighted by molar-refractivity contribution is 6.04. The van der Waals surface area contributed by atoms with E-state index in [2.05, 4.69) is 83.1 Å². The molecule has 0 spiro atoms. The van der Waals surface area contributed by atoms with Gasteiger partial charge in [-0.2, -0.15) is 5.10 Å². The Bertz CT molecular complexity index is 1040. The number of oxime groups is 1. The second-order valence-electron chi connectivity index (χ2n) is 8.25. The predicted molar refractivity (Wildman–Crippen MR) is 122 cm³/mol. The van der Waals surface area contributed by atoms with E-state index in [1.165, 1.54) is 11.1 Å². The summed E-state index contributed by atoms with van der Waals surface area (Å²) >= 11 is 0. The SMILES string of the molecule is COCCON=C(c1n[nH]c2c1C=CC(c1ccccc1)(c1ccccc1)C2)C1CC1. The van der Waals surface area contributed by atoms with E-state index < -0.39 is 0 Å². The zero-order valence-electron chi connectivity index (χ0n) is 17.8. The van der Waals surface area contributed by atoms with Gasteiger partial charge in [0, 0.05) is 36.1 Å². The molecule has 0 aliphatic heterocycles. The summed E-state index contributed by atoms with van der Waals surface area (Å²) < 4.78 is 5.06. The largest absolute Gasteiger partial charge is 0.393 e. The Morgan fingerprint density at radius 3 is 2.32 bits per heavy atom. The van der Waals surface area contributed by atoms with Crippen molar-refractivity contribution < 1.29 is 9.57 Å². The Kier molecular flexibility index (Phi) is 5.43. The quantitative estimate of drug-likeness (QED) is 0.330. The molecule has 2 aromatic carbocycles. The Labute approximate surface area is 182 Å². The van der Waals surface area contributed by atoms with E-state index in [-0.39, 0.29) is 5.41 Å². The molecule has 5 rings (SSSR count). The van der Waals surface area contributed by atoms with Crippen molar-refractivity contribution in [2.75, 3.05) is 20.3 Å². The molecule has 0 amide bonds. The van der Waals surface area contributed by atoms with Gasteiger partial charge in [0.05, 0.1) is 6.61 Å². The van der Waals surface area contributed by atoms with Crippen LogP contribution in [0.1, 0.15) is 40.9 Å². The Balaban J connectivity index is 1.53. The monoisotopic (exact) mass is 413 g/mol. The molecule has 1 heterocycles. The first-order chi connectivity index (χ1) is 15.3. The van der Waals surface area contributed by atoms with E-state index in [1.807, 2.05) is 0 Å². The fourth-order valence-corrected chi connectivity index (χ4v) is 4.40. The smallest absolute Gasteiger partial charge is 0.140 e. The normalized spacial score (nSPS) is 17.4. The van der Waals surface area contributed by atoms with E-state index in [0.29, 0.717) is 19.1 Å². The number of aromatic amines is 1. The highest BCUT2D eigenvalue weighted by Gasteiger charge is 2.38. The van der Waals surface area contributed by atoms with Gasteiger partial charge in [0.1, 0.15) is 18.0 Å². The first kappa shape index (κ1) is 19.8. The van der Waals surface area contributed by atoms with Crippen molar-refractivity contribution in [2.24, 2.45) is 11.1 Å². The van der Waals surface area contributed by atoms with Gasteiger partial charge in [-0.15, -0.1) is 0 Å². The topological polar surface area (TPSA) is 59.5 Å². The van der Waals surface area contributed by atoms with Gasteiger partial charge in [-0.3, -0.25) is 5.10 Å². The summed E-state index contributed by atoms with van der Waals surface area (Å²) in [4.78, 5) is 5.52. The minimum Gasteiger partial charge on any atom is -0.393 e. The van der Waals surface area contributed by atoms with Crippen LogP contribution in [0.15, 0.2) is 71.9 Å². The third-order valence-corrected chi connectivity index (χ3v) is 6.20. The molecular weight excluding hydrogens is 386 g/mol. The van der Waals surface area contributed by atoms with Gasteiger partial charge in [-0.1, -0.05) is 78.0 Å². The fourth-order valence-electron chi connectivity index (χ4n) is 4.40. The van der Waals surface area contributed by atoms with Crippen LogP contribution in [0, 0.1) is 5.92 Å². The molecule has 0 saturated heterocycles. The van der Waals surface area contributed by atoms with Gasteiger partial charge in [-0.25, -0.2) is 0 Å². The van der Waals surface area contributed by atoms with Gasteiger partial charge in [0.25, 0.3) is 0 Å². The molecule has 31 heavy (non-hydrogen) atoms. The third kappa shape index (κ3) is 3.81. The summed E-state index contributed by atoms with van der Waals surface area (Å²) in [5.41, 5.74) is 6.45. The average Bonchev–Trinajstić information content (AvgIpc) is 3.59. The zero-order chi connectivity index (χ0) is 21.1. The molecule has 0 radical (unpaired) electrons. The van der Waals surface area contributed by atoms with Gasteiger partial charge < -0.3 is 9.57 Å². The van der Waals surface area contributed by atoms with Crippen LogP contribution in [0.4, 0.5) is 0 Å². The summed E-state index contributed by atoms with van der Waals surface area (Å²) in [5, 5.41) is 12.5. The number of nitrogens with one attached hydrogen (secondary N) is 1. The van der Waals surface area contributed by atoms with Crippen molar-refractivity contribution in [2.45, 2.75) is 24.7 Å². The molecular formula is C26H27N3O2. The summed E-state index contributed by atoms with van der Waals surface area (Å²) in [6.45, 7) is 0.969. The van der Waals surface area contributed by atoms with Crippen molar-refractivity contribution in [1.29, 1.82) is 0 Å². The number of benzene rings is 2. The predicted octanol–water partition coefficient (Wildman–Crippen LogP) is 4.74. The van der Waals surface area contributed by atoms with Crippen LogP contribution in [-0.4, -0.2) is 36.2 Å². The van der Waals surface area contributed by atoms with Crippen molar-refractivity contribution in [1.82, 2.24) is 10.2 Å². The van der Waals surface area contributed by atoms with E-state index in [4.69, 9.17) is 14.7 Å². The second kappa shape index (κ2) is 8.52. The van der Waals surface area contributed by atoms with Crippen LogP contribution >= 0.6 is 0 Å². The minimum atomic E-state index is -0.231. The van der Waals surface area contributed by atoms with E-state index in [9.17, 15) is 0 Å². The molecule has 2 aliphatic carbocycles. The number of methoxy groups -OCH3 is 1. The highest BCUT2D eigenvalue weighted by atomic mass is 16.6. The molecule has 0 bridgehead atoms. The molecule has 5 nitrogen and oxygen atoms in total. The number of fused-ring (bicyclic) bond motifs is 1. The van der Waals surface area contributed by atoms with Gasteiger partial charge in [0.2, 0.25) is 0 Å². The van der Waals surface area contributed by atoms with Crippen LogP contribution in [-0.2, 0) is 21.4 Å². The molecule has 1 aromatic heterocycles. The Hall–Kier alpha value is -3.18. The number of ether oxygens (including phenoxy) is 1. The number of aromatic nitrogens is 2. The lowest BCUT2D eigenvalue weighted by molar-refractivity contribution is 0.0747. The highest BCUT2D eigenvalue weighted by Crippen LogP contribution is 2.43. The van der Waals surface area contributed by atoms with Gasteiger partial charge in [0.15, 0.2) is 0 Å². The van der Waals surface area contributed by atoms with Crippen LogP contribution in [0.2, 0.25) is 0 Å². The molecule has 158 valence electrons. The number of rotatable bonds is 8. The Morgan fingerprint density at radius 1 is 1.03 bits per heavy atom. The summed E-state index contributed by atoms with van der Waals surface area (Å²) in [6.07, 6.45) is 7.63. The standard InChI is InChI=1S/C26H27N3O2/c1-30-16-17-31-29-24(19-12-13-19)25-22-14-15-26(18-23(22)27-28-25,20-8-4-2-5-9-20)21-10-6-3-7-11-21/h2-11,14-15,19H,12-13,16-18H2,1H3,(H,27,28). The fraction of sp³-hybridized carbons (Fsp3) is 0.308. The van der Waals surface area contributed by atoms with E-state index >= 15 is 0 Å². The summed E-state index contributed by atoms with van der Waals surface area (Å²) in [6, 6.07) is 21.4. The molecule has 1 fully saturated rings. The Morgan fingerprint density at radius 2 is 1.71 bits per heavy atom. The van der Waals surface area contributed by atoms with E-state index in [0.717, 1.165) is 41.9 Å². The second-order valence-corrected chi connectivity index (χ2v) is 8.25.